The largest absolute Gasteiger partial charge is 0.370 e. The highest BCUT2D eigenvalue weighted by Gasteiger charge is 2.09. The fourth-order valence-electron chi connectivity index (χ4n) is 2.46. The summed E-state index contributed by atoms with van der Waals surface area (Å²) in [6.45, 7) is 7.09. The lowest BCUT2D eigenvalue weighted by Crippen LogP contribution is -2.03. The molecule has 3 heteroatoms. The Kier molecular flexibility index (Phi) is 3.57. The van der Waals surface area contributed by atoms with E-state index in [1.165, 1.54) is 11.1 Å². The Balaban J connectivity index is 2.23. The second-order valence-electron chi connectivity index (χ2n) is 5.32. The number of hydrogen-bond donors (Lipinski definition) is 1. The number of nitrogens with zero attached hydrogens (tertiary/aromatic N) is 2. The number of fused-ring (bicyclic) bond motifs is 1. The summed E-state index contributed by atoms with van der Waals surface area (Å²) in [5.74, 6) is 1.67. The zero-order chi connectivity index (χ0) is 14.8. The molecule has 0 saturated carbocycles. The lowest BCUT2D eigenvalue weighted by atomic mass is 10.1. The Bertz CT molecular complexity index is 794. The molecule has 0 aliphatic rings. The highest BCUT2D eigenvalue weighted by molar-refractivity contribution is 5.91. The molecule has 3 aromatic rings. The molecule has 0 bridgehead atoms. The van der Waals surface area contributed by atoms with Crippen molar-refractivity contribution in [3.05, 3.63) is 53.6 Å². The molecule has 21 heavy (non-hydrogen) atoms. The van der Waals surface area contributed by atoms with Gasteiger partial charge in [0.1, 0.15) is 5.82 Å². The molecule has 0 radical (unpaired) electrons. The van der Waals surface area contributed by atoms with Crippen LogP contribution in [0.5, 0.6) is 0 Å². The lowest BCUT2D eigenvalue weighted by Gasteiger charge is -2.10. The van der Waals surface area contributed by atoms with Gasteiger partial charge in [0.25, 0.3) is 0 Å². The molecule has 106 valence electrons. The highest BCUT2D eigenvalue weighted by Crippen LogP contribution is 2.26. The molecule has 0 saturated heterocycles. The van der Waals surface area contributed by atoms with Crippen molar-refractivity contribution in [2.24, 2.45) is 0 Å². The van der Waals surface area contributed by atoms with Crippen LogP contribution in [0, 0.1) is 13.8 Å². The van der Waals surface area contributed by atoms with Crippen LogP contribution < -0.4 is 5.32 Å². The van der Waals surface area contributed by atoms with E-state index in [1.807, 2.05) is 6.07 Å². The van der Waals surface area contributed by atoms with Crippen LogP contribution in [0.15, 0.2) is 42.5 Å². The van der Waals surface area contributed by atoms with E-state index in [1.54, 1.807) is 0 Å². The predicted molar refractivity (Wildman–Crippen MR) is 88.6 cm³/mol. The zero-order valence-corrected chi connectivity index (χ0v) is 12.6. The van der Waals surface area contributed by atoms with E-state index in [9.17, 15) is 0 Å². The molecule has 0 amide bonds. The number of hydrogen-bond acceptors (Lipinski definition) is 3. The number of benzene rings is 2. The molecule has 1 N–H and O–H groups in total. The van der Waals surface area contributed by atoms with E-state index in [4.69, 9.17) is 9.97 Å². The first-order valence-corrected chi connectivity index (χ1v) is 7.26. The van der Waals surface area contributed by atoms with Gasteiger partial charge in [0.05, 0.1) is 5.52 Å². The minimum absolute atomic E-state index is 0.769. The van der Waals surface area contributed by atoms with Crippen molar-refractivity contribution < 1.29 is 0 Å². The summed E-state index contributed by atoms with van der Waals surface area (Å²) >= 11 is 0. The smallest absolute Gasteiger partial charge is 0.162 e. The van der Waals surface area contributed by atoms with Crippen molar-refractivity contribution in [1.29, 1.82) is 0 Å². The SMILES string of the molecule is CCNc1nc(-c2cccc(C)c2)nc2ccc(C)cc12. The van der Waals surface area contributed by atoms with Gasteiger partial charge in [0.15, 0.2) is 5.82 Å². The summed E-state index contributed by atoms with van der Waals surface area (Å²) in [6.07, 6.45) is 0. The molecule has 1 aromatic heterocycles. The molecule has 0 spiro atoms. The van der Waals surface area contributed by atoms with Crippen LogP contribution >= 0.6 is 0 Å². The molecule has 1 heterocycles. The molecule has 3 nitrogen and oxygen atoms in total. The van der Waals surface area contributed by atoms with Gasteiger partial charge in [-0.2, -0.15) is 0 Å². The third kappa shape index (κ3) is 2.72. The van der Waals surface area contributed by atoms with E-state index in [0.29, 0.717) is 0 Å². The predicted octanol–water partition coefficient (Wildman–Crippen LogP) is 4.35. The van der Waals surface area contributed by atoms with Crippen LogP contribution in [0.25, 0.3) is 22.3 Å². The molecule has 2 aromatic carbocycles. The van der Waals surface area contributed by atoms with Crippen LogP contribution in [0.2, 0.25) is 0 Å². The van der Waals surface area contributed by atoms with Crippen LogP contribution in [0.3, 0.4) is 0 Å². The monoisotopic (exact) mass is 277 g/mol. The van der Waals surface area contributed by atoms with Gasteiger partial charge in [-0.25, -0.2) is 9.97 Å². The molecule has 0 fully saturated rings. The summed E-state index contributed by atoms with van der Waals surface area (Å²) in [4.78, 5) is 9.44. The fourth-order valence-corrected chi connectivity index (χ4v) is 2.46. The van der Waals surface area contributed by atoms with Crippen molar-refractivity contribution >= 4 is 16.7 Å². The minimum atomic E-state index is 0.769. The van der Waals surface area contributed by atoms with Gasteiger partial charge < -0.3 is 5.32 Å². The third-order valence-electron chi connectivity index (χ3n) is 3.47. The summed E-state index contributed by atoms with van der Waals surface area (Å²) in [5.41, 5.74) is 4.46. The van der Waals surface area contributed by atoms with E-state index >= 15 is 0 Å². The van der Waals surface area contributed by atoms with Crippen molar-refractivity contribution in [2.75, 3.05) is 11.9 Å². The number of anilines is 1. The molecule has 0 atom stereocenters. The van der Waals surface area contributed by atoms with Gasteiger partial charge in [-0.3, -0.25) is 0 Å². The first kappa shape index (κ1) is 13.6. The average molecular weight is 277 g/mol. The molecular formula is C18H19N3. The maximum absolute atomic E-state index is 4.72. The average Bonchev–Trinajstić information content (AvgIpc) is 2.48. The van der Waals surface area contributed by atoms with E-state index in [0.717, 1.165) is 34.7 Å². The van der Waals surface area contributed by atoms with Crippen LogP contribution in [-0.2, 0) is 0 Å². The molecule has 3 rings (SSSR count). The van der Waals surface area contributed by atoms with Gasteiger partial charge in [0.2, 0.25) is 0 Å². The maximum atomic E-state index is 4.72. The van der Waals surface area contributed by atoms with E-state index in [-0.39, 0.29) is 0 Å². The van der Waals surface area contributed by atoms with Gasteiger partial charge in [0, 0.05) is 17.5 Å². The molecule has 0 unspecified atom stereocenters. The summed E-state index contributed by atoms with van der Waals surface area (Å²) in [7, 11) is 0. The molecule has 0 aliphatic heterocycles. The Hall–Kier alpha value is -2.42. The highest BCUT2D eigenvalue weighted by atomic mass is 15.0. The number of aromatic nitrogens is 2. The first-order chi connectivity index (χ1) is 10.2. The van der Waals surface area contributed by atoms with Gasteiger partial charge in [-0.15, -0.1) is 0 Å². The topological polar surface area (TPSA) is 37.8 Å². The Labute approximate surface area is 125 Å². The fraction of sp³-hybridized carbons (Fsp3) is 0.222. The van der Waals surface area contributed by atoms with E-state index < -0.39 is 0 Å². The van der Waals surface area contributed by atoms with Crippen LogP contribution in [-0.4, -0.2) is 16.5 Å². The van der Waals surface area contributed by atoms with Gasteiger partial charge in [-0.05, 0) is 39.0 Å². The van der Waals surface area contributed by atoms with Gasteiger partial charge in [-0.1, -0.05) is 35.4 Å². The zero-order valence-electron chi connectivity index (χ0n) is 12.6. The molecular weight excluding hydrogens is 258 g/mol. The molecule has 0 aliphatic carbocycles. The van der Waals surface area contributed by atoms with Crippen LogP contribution in [0.1, 0.15) is 18.1 Å². The lowest BCUT2D eigenvalue weighted by molar-refractivity contribution is 1.14. The van der Waals surface area contributed by atoms with Crippen molar-refractivity contribution in [1.82, 2.24) is 9.97 Å². The summed E-state index contributed by atoms with van der Waals surface area (Å²) < 4.78 is 0. The Morgan fingerprint density at radius 1 is 0.952 bits per heavy atom. The standard InChI is InChI=1S/C18H19N3/c1-4-19-18-15-11-13(3)8-9-16(15)20-17(21-18)14-7-5-6-12(2)10-14/h5-11H,4H2,1-3H3,(H,19,20,21). The first-order valence-electron chi connectivity index (χ1n) is 7.26. The quantitative estimate of drug-likeness (QED) is 0.773. The maximum Gasteiger partial charge on any atom is 0.162 e. The summed E-state index contributed by atoms with van der Waals surface area (Å²) in [5, 5.41) is 4.43. The second-order valence-corrected chi connectivity index (χ2v) is 5.32. The normalized spacial score (nSPS) is 10.8. The van der Waals surface area contributed by atoms with Crippen molar-refractivity contribution in [3.8, 4) is 11.4 Å². The number of rotatable bonds is 3. The van der Waals surface area contributed by atoms with E-state index in [2.05, 4.69) is 62.5 Å². The second kappa shape index (κ2) is 5.52. The van der Waals surface area contributed by atoms with Crippen molar-refractivity contribution in [3.63, 3.8) is 0 Å². The number of nitrogens with one attached hydrogen (secondary N) is 1. The summed E-state index contributed by atoms with van der Waals surface area (Å²) in [6, 6.07) is 14.6. The van der Waals surface area contributed by atoms with Crippen molar-refractivity contribution in [2.45, 2.75) is 20.8 Å². The van der Waals surface area contributed by atoms with Gasteiger partial charge >= 0.3 is 0 Å². The third-order valence-corrected chi connectivity index (χ3v) is 3.47. The Morgan fingerprint density at radius 2 is 1.76 bits per heavy atom. The number of aryl methyl sites for hydroxylation is 2. The Morgan fingerprint density at radius 3 is 2.52 bits per heavy atom. The minimum Gasteiger partial charge on any atom is -0.370 e. The van der Waals surface area contributed by atoms with Crippen LogP contribution in [0.4, 0.5) is 5.82 Å².